The summed E-state index contributed by atoms with van der Waals surface area (Å²) in [6, 6.07) is 5.24. The molecule has 6 heteroatoms. The molecular weight excluding hydrogens is 333 g/mol. The Morgan fingerprint density at radius 2 is 1.91 bits per heavy atom. The van der Waals surface area contributed by atoms with E-state index in [0.717, 1.165) is 32.6 Å². The molecule has 1 heterocycles. The highest BCUT2D eigenvalue weighted by atomic mass is 35.5. The maximum absolute atomic E-state index is 12.3. The van der Waals surface area contributed by atoms with Crippen LogP contribution in [-0.4, -0.2) is 54.0 Å². The van der Waals surface area contributed by atoms with Crippen LogP contribution in [0.5, 0.6) is 0 Å². The van der Waals surface area contributed by atoms with E-state index in [0.29, 0.717) is 22.3 Å². The molecule has 1 aromatic carbocycles. The van der Waals surface area contributed by atoms with E-state index >= 15 is 0 Å². The molecule has 0 unspecified atom stereocenters. The first kappa shape index (κ1) is 18.5. The van der Waals surface area contributed by atoms with Gasteiger partial charge in [-0.05, 0) is 52.4 Å². The van der Waals surface area contributed by atoms with Gasteiger partial charge in [0.1, 0.15) is 0 Å². The van der Waals surface area contributed by atoms with Gasteiger partial charge in [0.2, 0.25) is 5.91 Å². The zero-order valence-electron chi connectivity index (χ0n) is 14.0. The second kappa shape index (κ2) is 7.84. The number of hydrogen-bond acceptors (Lipinski definition) is 3. The molecule has 0 aromatic heterocycles. The number of carbonyl (C=O) groups is 1. The molecule has 0 bridgehead atoms. The van der Waals surface area contributed by atoms with Crippen molar-refractivity contribution in [1.82, 2.24) is 9.80 Å². The van der Waals surface area contributed by atoms with Gasteiger partial charge in [-0.15, -0.1) is 0 Å². The Balaban J connectivity index is 1.89. The lowest BCUT2D eigenvalue weighted by Gasteiger charge is -2.34. The van der Waals surface area contributed by atoms with Crippen LogP contribution in [0.1, 0.15) is 27.2 Å². The molecule has 1 amide bonds. The lowest BCUT2D eigenvalue weighted by Crippen LogP contribution is -2.44. The van der Waals surface area contributed by atoms with Gasteiger partial charge < -0.3 is 5.32 Å². The molecule has 0 aliphatic carbocycles. The maximum Gasteiger partial charge on any atom is 0.238 e. The number of amides is 1. The number of rotatable bonds is 3. The Morgan fingerprint density at radius 3 is 2.61 bits per heavy atom. The van der Waals surface area contributed by atoms with Crippen LogP contribution in [0.15, 0.2) is 18.2 Å². The number of anilines is 1. The SMILES string of the molecule is CC(C)(C)N1CCCN(CC(=O)Nc2cccc(Cl)c2Cl)CC1. The number of halogens is 2. The Morgan fingerprint density at radius 1 is 1.17 bits per heavy atom. The number of hydrogen-bond donors (Lipinski definition) is 1. The van der Waals surface area contributed by atoms with E-state index in [1.807, 2.05) is 0 Å². The van der Waals surface area contributed by atoms with E-state index in [1.54, 1.807) is 18.2 Å². The second-order valence-corrected chi connectivity index (χ2v) is 7.72. The summed E-state index contributed by atoms with van der Waals surface area (Å²) in [4.78, 5) is 16.9. The zero-order valence-corrected chi connectivity index (χ0v) is 15.5. The van der Waals surface area contributed by atoms with Gasteiger partial charge >= 0.3 is 0 Å². The predicted molar refractivity (Wildman–Crippen MR) is 97.5 cm³/mol. The highest BCUT2D eigenvalue weighted by Crippen LogP contribution is 2.29. The van der Waals surface area contributed by atoms with Crippen molar-refractivity contribution in [3.05, 3.63) is 28.2 Å². The average Bonchev–Trinajstić information content (AvgIpc) is 2.69. The van der Waals surface area contributed by atoms with Gasteiger partial charge in [-0.1, -0.05) is 29.3 Å². The van der Waals surface area contributed by atoms with E-state index < -0.39 is 0 Å². The van der Waals surface area contributed by atoms with E-state index in [2.05, 4.69) is 35.9 Å². The molecule has 1 N–H and O–H groups in total. The normalized spacial score (nSPS) is 17.8. The van der Waals surface area contributed by atoms with Crippen LogP contribution in [-0.2, 0) is 4.79 Å². The summed E-state index contributed by atoms with van der Waals surface area (Å²) in [5.74, 6) is -0.0571. The third-order valence-electron chi connectivity index (χ3n) is 4.13. The lowest BCUT2D eigenvalue weighted by molar-refractivity contribution is -0.117. The van der Waals surface area contributed by atoms with Crippen molar-refractivity contribution in [1.29, 1.82) is 0 Å². The Labute approximate surface area is 148 Å². The molecule has 0 radical (unpaired) electrons. The Bertz CT molecular complexity index is 557. The van der Waals surface area contributed by atoms with Crippen LogP contribution >= 0.6 is 23.2 Å². The monoisotopic (exact) mass is 357 g/mol. The molecule has 0 atom stereocenters. The Hall–Kier alpha value is -0.810. The van der Waals surface area contributed by atoms with Crippen LogP contribution in [0, 0.1) is 0 Å². The van der Waals surface area contributed by atoms with Crippen molar-refractivity contribution in [2.45, 2.75) is 32.7 Å². The fraction of sp³-hybridized carbons (Fsp3) is 0.588. The highest BCUT2D eigenvalue weighted by molar-refractivity contribution is 6.43. The summed E-state index contributed by atoms with van der Waals surface area (Å²) in [6.45, 7) is 11.0. The maximum atomic E-state index is 12.3. The predicted octanol–water partition coefficient (Wildman–Crippen LogP) is 3.74. The van der Waals surface area contributed by atoms with Gasteiger partial charge in [0.05, 0.1) is 22.3 Å². The molecule has 1 saturated heterocycles. The van der Waals surface area contributed by atoms with Crippen LogP contribution in [0.3, 0.4) is 0 Å². The molecule has 1 aliphatic rings. The van der Waals surface area contributed by atoms with E-state index in [1.165, 1.54) is 0 Å². The van der Waals surface area contributed by atoms with Crippen molar-refractivity contribution in [2.24, 2.45) is 0 Å². The summed E-state index contributed by atoms with van der Waals surface area (Å²) in [5.41, 5.74) is 0.738. The molecule has 23 heavy (non-hydrogen) atoms. The third kappa shape index (κ3) is 5.35. The standard InChI is InChI=1S/C17H25Cl2N3O/c1-17(2,3)22-9-5-8-21(10-11-22)12-15(23)20-14-7-4-6-13(18)16(14)19/h4,6-7H,5,8-12H2,1-3H3,(H,20,23). The topological polar surface area (TPSA) is 35.6 Å². The first-order valence-electron chi connectivity index (χ1n) is 7.98. The fourth-order valence-corrected chi connectivity index (χ4v) is 3.14. The van der Waals surface area contributed by atoms with Crippen molar-refractivity contribution in [2.75, 3.05) is 38.0 Å². The van der Waals surface area contributed by atoms with Crippen LogP contribution in [0.4, 0.5) is 5.69 Å². The highest BCUT2D eigenvalue weighted by Gasteiger charge is 2.24. The first-order chi connectivity index (χ1) is 10.8. The van der Waals surface area contributed by atoms with Crippen molar-refractivity contribution >= 4 is 34.8 Å². The number of carbonyl (C=O) groups excluding carboxylic acids is 1. The van der Waals surface area contributed by atoms with Gasteiger partial charge in [-0.25, -0.2) is 0 Å². The van der Waals surface area contributed by atoms with Crippen molar-refractivity contribution in [3.63, 3.8) is 0 Å². The quantitative estimate of drug-likeness (QED) is 0.894. The van der Waals surface area contributed by atoms with E-state index in [4.69, 9.17) is 23.2 Å². The largest absolute Gasteiger partial charge is 0.324 e. The molecule has 2 rings (SSSR count). The molecule has 4 nitrogen and oxygen atoms in total. The minimum Gasteiger partial charge on any atom is -0.324 e. The number of benzene rings is 1. The molecule has 0 spiro atoms. The first-order valence-corrected chi connectivity index (χ1v) is 8.74. The summed E-state index contributed by atoms with van der Waals surface area (Å²) < 4.78 is 0. The Kier molecular flexibility index (Phi) is 6.32. The lowest BCUT2D eigenvalue weighted by atomic mass is 10.1. The molecular formula is C17H25Cl2N3O. The number of nitrogens with one attached hydrogen (secondary N) is 1. The summed E-state index contributed by atoms with van der Waals surface area (Å²) >= 11 is 12.1. The molecule has 0 saturated carbocycles. The zero-order chi connectivity index (χ0) is 17.0. The molecule has 1 aromatic rings. The molecule has 1 fully saturated rings. The third-order valence-corrected chi connectivity index (χ3v) is 4.95. The molecule has 128 valence electrons. The van der Waals surface area contributed by atoms with E-state index in [9.17, 15) is 4.79 Å². The second-order valence-electron chi connectivity index (χ2n) is 6.94. The van der Waals surface area contributed by atoms with Gasteiger partial charge in [0.25, 0.3) is 0 Å². The summed E-state index contributed by atoms with van der Waals surface area (Å²) in [7, 11) is 0. The molecule has 1 aliphatic heterocycles. The number of nitrogens with zero attached hydrogens (tertiary/aromatic N) is 2. The van der Waals surface area contributed by atoms with Crippen LogP contribution < -0.4 is 5.32 Å². The fourth-order valence-electron chi connectivity index (χ4n) is 2.79. The average molecular weight is 358 g/mol. The summed E-state index contributed by atoms with van der Waals surface area (Å²) in [5, 5.41) is 3.68. The van der Waals surface area contributed by atoms with Crippen molar-refractivity contribution < 1.29 is 4.79 Å². The van der Waals surface area contributed by atoms with E-state index in [-0.39, 0.29) is 11.4 Å². The minimum atomic E-state index is -0.0571. The smallest absolute Gasteiger partial charge is 0.238 e. The van der Waals surface area contributed by atoms with Gasteiger partial charge in [-0.2, -0.15) is 0 Å². The van der Waals surface area contributed by atoms with Crippen molar-refractivity contribution in [3.8, 4) is 0 Å². The summed E-state index contributed by atoms with van der Waals surface area (Å²) in [6.07, 6.45) is 1.07. The van der Waals surface area contributed by atoms with Gasteiger partial charge in [-0.3, -0.25) is 14.6 Å². The van der Waals surface area contributed by atoms with Crippen LogP contribution in [0.25, 0.3) is 0 Å². The van der Waals surface area contributed by atoms with Gasteiger partial charge in [0, 0.05) is 18.6 Å². The minimum absolute atomic E-state index is 0.0571. The van der Waals surface area contributed by atoms with Gasteiger partial charge in [0.15, 0.2) is 0 Å². The van der Waals surface area contributed by atoms with Crippen LogP contribution in [0.2, 0.25) is 10.0 Å².